The van der Waals surface area contributed by atoms with E-state index < -0.39 is 0 Å². The first-order chi connectivity index (χ1) is 21.2. The van der Waals surface area contributed by atoms with Crippen LogP contribution in [0.2, 0.25) is 0 Å². The van der Waals surface area contributed by atoms with E-state index in [1.54, 1.807) is 0 Å². The molecule has 1 heterocycles. The van der Waals surface area contributed by atoms with Gasteiger partial charge in [0, 0.05) is 0 Å². The van der Waals surface area contributed by atoms with Crippen molar-refractivity contribution in [1.82, 2.24) is 8.75 Å². The lowest BCUT2D eigenvalue weighted by molar-refractivity contribution is 0.194. The van der Waals surface area contributed by atoms with Crippen LogP contribution in [0.3, 0.4) is 0 Å². The summed E-state index contributed by atoms with van der Waals surface area (Å²) in [6.45, 7) is 10.7. The van der Waals surface area contributed by atoms with Crippen LogP contribution in [0.5, 0.6) is 11.5 Å². The molecule has 0 fully saturated rings. The molecule has 0 radical (unpaired) electrons. The van der Waals surface area contributed by atoms with E-state index in [1.165, 1.54) is 166 Å². The van der Waals surface area contributed by atoms with E-state index in [0.717, 1.165) is 35.7 Å². The van der Waals surface area contributed by atoms with Crippen molar-refractivity contribution >= 4 is 22.8 Å². The predicted molar refractivity (Wildman–Crippen MR) is 189 cm³/mol. The molecule has 2 rings (SSSR count). The van der Waals surface area contributed by atoms with Crippen molar-refractivity contribution in [2.75, 3.05) is 13.2 Å². The maximum Gasteiger partial charge on any atom is 0.190 e. The summed E-state index contributed by atoms with van der Waals surface area (Å²) in [4.78, 5) is 0. The molecular weight excluding hydrogens is 548 g/mol. The molecule has 0 spiro atoms. The van der Waals surface area contributed by atoms with E-state index in [9.17, 15) is 0 Å². The Morgan fingerprint density at radius 3 is 1.42 bits per heavy atom. The minimum atomic E-state index is 0.594. The number of ether oxygens (including phenoxy) is 2. The monoisotopic (exact) mass is 617 g/mol. The summed E-state index contributed by atoms with van der Waals surface area (Å²) in [5, 5.41) is 0. The highest BCUT2D eigenvalue weighted by Crippen LogP contribution is 2.36. The van der Waals surface area contributed by atoms with Gasteiger partial charge in [-0.05, 0) is 49.7 Å². The number of fused-ring (bicyclic) bond motifs is 1. The normalized spacial score (nSPS) is 13.0. The third-order valence-corrected chi connectivity index (χ3v) is 9.69. The van der Waals surface area contributed by atoms with Gasteiger partial charge in [0.15, 0.2) is 17.0 Å². The van der Waals surface area contributed by atoms with E-state index >= 15 is 0 Å². The first-order valence-corrected chi connectivity index (χ1v) is 19.5. The van der Waals surface area contributed by atoms with Gasteiger partial charge in [0.25, 0.3) is 0 Å². The van der Waals surface area contributed by atoms with Crippen molar-refractivity contribution in [1.29, 1.82) is 0 Å². The number of hydrogen-bond acceptors (Lipinski definition) is 5. The van der Waals surface area contributed by atoms with Crippen LogP contribution >= 0.6 is 11.7 Å². The molecule has 2 aromatic rings. The number of benzene rings is 1. The summed E-state index contributed by atoms with van der Waals surface area (Å²) >= 11 is 1.28. The van der Waals surface area contributed by atoms with E-state index in [2.05, 4.69) is 48.6 Å². The zero-order valence-electron chi connectivity index (χ0n) is 28.8. The van der Waals surface area contributed by atoms with Gasteiger partial charge in [-0.2, -0.15) is 8.75 Å². The molecule has 0 saturated carbocycles. The molecule has 1 aromatic carbocycles. The van der Waals surface area contributed by atoms with E-state index in [-0.39, 0.29) is 0 Å². The quantitative estimate of drug-likeness (QED) is 0.0819. The lowest BCUT2D eigenvalue weighted by atomic mass is 9.95. The first-order valence-electron chi connectivity index (χ1n) is 18.7. The lowest BCUT2D eigenvalue weighted by Gasteiger charge is -2.21. The molecule has 0 saturated heterocycles. The number of unbranched alkanes of at least 4 members (excludes halogenated alkanes) is 16. The molecule has 1 aromatic heterocycles. The maximum atomic E-state index is 6.68. The number of rotatable bonds is 30. The Balaban J connectivity index is 2.02. The smallest absolute Gasteiger partial charge is 0.190 e. The van der Waals surface area contributed by atoms with Gasteiger partial charge in [0.05, 0.1) is 24.9 Å². The van der Waals surface area contributed by atoms with Crippen LogP contribution in [-0.4, -0.2) is 22.0 Å². The van der Waals surface area contributed by atoms with Crippen LogP contribution in [0.25, 0.3) is 11.0 Å². The Kier molecular flexibility index (Phi) is 22.8. The molecule has 0 aliphatic heterocycles. The predicted octanol–water partition coefficient (Wildman–Crippen LogP) is 13.1. The van der Waals surface area contributed by atoms with Crippen molar-refractivity contribution in [3.8, 4) is 11.5 Å². The van der Waals surface area contributed by atoms with Gasteiger partial charge in [-0.3, -0.25) is 0 Å². The lowest BCUT2D eigenvalue weighted by Crippen LogP contribution is -2.15. The molecule has 248 valence electrons. The van der Waals surface area contributed by atoms with Crippen molar-refractivity contribution < 1.29 is 9.47 Å². The standard InChI is InChI=1S/C38H68N2O2S/c1-5-9-13-17-19-23-27-33(25-21-15-11-7-3)31-41-36-30-29-35-37(40-43-39-35)38(36)42-32-34(26-22-16-12-8-4)28-24-20-18-14-10-6-2/h29-30,33-34H,5-28,31-32H2,1-4H3. The molecule has 2 atom stereocenters. The molecule has 0 N–H and O–H groups in total. The van der Waals surface area contributed by atoms with Gasteiger partial charge in [-0.1, -0.05) is 156 Å². The summed E-state index contributed by atoms with van der Waals surface area (Å²) in [6.07, 6.45) is 31.8. The van der Waals surface area contributed by atoms with Gasteiger partial charge in [-0.15, -0.1) is 0 Å². The average molecular weight is 617 g/mol. The minimum Gasteiger partial charge on any atom is -0.489 e. The maximum absolute atomic E-state index is 6.68. The third-order valence-electron chi connectivity index (χ3n) is 9.15. The Hall–Kier alpha value is -1.36. The van der Waals surface area contributed by atoms with Crippen LogP contribution in [0, 0.1) is 11.8 Å². The van der Waals surface area contributed by atoms with Crippen molar-refractivity contribution in [3.63, 3.8) is 0 Å². The fraction of sp³-hybridized carbons (Fsp3) is 0.842. The number of hydrogen-bond donors (Lipinski definition) is 0. The Bertz CT molecular complexity index is 901. The fourth-order valence-electron chi connectivity index (χ4n) is 6.24. The van der Waals surface area contributed by atoms with Gasteiger partial charge in [0.1, 0.15) is 5.52 Å². The first kappa shape index (κ1) is 37.8. The topological polar surface area (TPSA) is 44.2 Å². The highest BCUT2D eigenvalue weighted by Gasteiger charge is 2.19. The third kappa shape index (κ3) is 17.1. The SMILES string of the molecule is CCCCCCCCC(CCCCCC)COc1ccc2nsnc2c1OCC(CCCCCC)CCCCCCCC. The van der Waals surface area contributed by atoms with Crippen molar-refractivity contribution in [3.05, 3.63) is 12.1 Å². The molecule has 2 unspecified atom stereocenters. The zero-order chi connectivity index (χ0) is 30.8. The number of nitrogens with zero attached hydrogens (tertiary/aromatic N) is 2. The Morgan fingerprint density at radius 1 is 0.512 bits per heavy atom. The summed E-state index contributed by atoms with van der Waals surface area (Å²) in [5.41, 5.74) is 1.80. The largest absolute Gasteiger partial charge is 0.489 e. The number of aromatic nitrogens is 2. The molecular formula is C38H68N2O2S. The van der Waals surface area contributed by atoms with Crippen LogP contribution in [0.4, 0.5) is 0 Å². The second-order valence-electron chi connectivity index (χ2n) is 13.2. The van der Waals surface area contributed by atoms with E-state index in [4.69, 9.17) is 9.47 Å². The molecule has 4 nitrogen and oxygen atoms in total. The Labute approximate surface area is 270 Å². The highest BCUT2D eigenvalue weighted by molar-refractivity contribution is 7.00. The zero-order valence-corrected chi connectivity index (χ0v) is 29.6. The van der Waals surface area contributed by atoms with Crippen LogP contribution in [0.15, 0.2) is 12.1 Å². The molecule has 0 bridgehead atoms. The van der Waals surface area contributed by atoms with Gasteiger partial charge < -0.3 is 9.47 Å². The molecule has 0 amide bonds. The molecule has 0 aliphatic carbocycles. The van der Waals surface area contributed by atoms with Gasteiger partial charge in [-0.25, -0.2) is 0 Å². The highest BCUT2D eigenvalue weighted by atomic mass is 32.1. The summed E-state index contributed by atoms with van der Waals surface area (Å²) in [5.74, 6) is 2.90. The summed E-state index contributed by atoms with van der Waals surface area (Å²) in [7, 11) is 0. The van der Waals surface area contributed by atoms with E-state index in [0.29, 0.717) is 11.8 Å². The van der Waals surface area contributed by atoms with Crippen molar-refractivity contribution in [2.45, 2.75) is 182 Å². The summed E-state index contributed by atoms with van der Waals surface area (Å²) < 4.78 is 22.5. The van der Waals surface area contributed by atoms with Gasteiger partial charge >= 0.3 is 0 Å². The average Bonchev–Trinajstić information content (AvgIpc) is 3.51. The second-order valence-corrected chi connectivity index (χ2v) is 13.7. The van der Waals surface area contributed by atoms with Crippen LogP contribution in [0.1, 0.15) is 182 Å². The van der Waals surface area contributed by atoms with Crippen LogP contribution < -0.4 is 9.47 Å². The van der Waals surface area contributed by atoms with E-state index in [1.807, 2.05) is 0 Å². The molecule has 43 heavy (non-hydrogen) atoms. The van der Waals surface area contributed by atoms with Gasteiger partial charge in [0.2, 0.25) is 0 Å². The molecule has 5 heteroatoms. The summed E-state index contributed by atoms with van der Waals surface area (Å²) in [6, 6.07) is 4.14. The Morgan fingerprint density at radius 2 is 0.930 bits per heavy atom. The van der Waals surface area contributed by atoms with Crippen LogP contribution in [-0.2, 0) is 0 Å². The molecule has 0 aliphatic rings. The minimum absolute atomic E-state index is 0.594. The van der Waals surface area contributed by atoms with Crippen molar-refractivity contribution in [2.24, 2.45) is 11.8 Å². The fourth-order valence-corrected chi connectivity index (χ4v) is 6.77. The second kappa shape index (κ2) is 25.9.